The van der Waals surface area contributed by atoms with Crippen LogP contribution in [0, 0.1) is 11.8 Å². The topological polar surface area (TPSA) is 102 Å². The summed E-state index contributed by atoms with van der Waals surface area (Å²) in [6, 6.07) is 3.10. The highest BCUT2D eigenvalue weighted by Crippen LogP contribution is 2.45. The molecule has 150 valence electrons. The van der Waals surface area contributed by atoms with E-state index in [9.17, 15) is 19.5 Å². The van der Waals surface area contributed by atoms with Gasteiger partial charge in [-0.05, 0) is 37.0 Å². The van der Waals surface area contributed by atoms with E-state index in [0.29, 0.717) is 29.9 Å². The fourth-order valence-electron chi connectivity index (χ4n) is 3.94. The summed E-state index contributed by atoms with van der Waals surface area (Å²) in [6.07, 6.45) is 0.409. The maximum Gasteiger partial charge on any atom is 0.316 e. The molecule has 1 aromatic rings. The Morgan fingerprint density at radius 2 is 2.04 bits per heavy atom. The first-order chi connectivity index (χ1) is 13.3. The number of amides is 1. The van der Waals surface area contributed by atoms with Crippen molar-refractivity contribution < 1.29 is 29.0 Å². The lowest BCUT2D eigenvalue weighted by atomic mass is 9.70. The Balaban J connectivity index is 2.11. The number of aromatic hydroxyl groups is 1. The van der Waals surface area contributed by atoms with E-state index in [-0.39, 0.29) is 40.6 Å². The lowest BCUT2D eigenvalue weighted by molar-refractivity contribution is -0.151. The molecule has 2 aliphatic rings. The Hall–Kier alpha value is -2.54. The molecule has 2 N–H and O–H groups in total. The van der Waals surface area contributed by atoms with Gasteiger partial charge in [0.15, 0.2) is 17.3 Å². The molecule has 0 saturated heterocycles. The molecule has 1 heterocycles. The SMILES string of the molecule is CCOc1cc([C@H]2CC(=O)NC3=C2C(=O)[C@H](C(=O)OC)[C@@H](C)C3)cc(Cl)c1O. The van der Waals surface area contributed by atoms with Crippen LogP contribution in [0.5, 0.6) is 11.5 Å². The van der Waals surface area contributed by atoms with E-state index in [4.69, 9.17) is 21.1 Å². The second kappa shape index (κ2) is 7.83. The minimum absolute atomic E-state index is 0.0273. The molecule has 28 heavy (non-hydrogen) atoms. The zero-order valence-corrected chi connectivity index (χ0v) is 16.6. The standard InChI is InChI=1S/C20H22ClNO6/c1-4-28-14-7-10(6-12(21)18(14)24)11-8-15(23)22-13-5-9(2)16(20(26)27-3)19(25)17(11)13/h6-7,9,11,16,24H,4-5,8H2,1-3H3,(H,22,23)/t9-,11+,16+/m0/s1. The molecule has 0 saturated carbocycles. The van der Waals surface area contributed by atoms with Crippen LogP contribution in [0.4, 0.5) is 0 Å². The van der Waals surface area contributed by atoms with Crippen molar-refractivity contribution in [3.63, 3.8) is 0 Å². The molecule has 0 fully saturated rings. The second-order valence-electron chi connectivity index (χ2n) is 7.03. The van der Waals surface area contributed by atoms with Crippen molar-refractivity contribution in [1.82, 2.24) is 5.32 Å². The van der Waals surface area contributed by atoms with Crippen LogP contribution in [0.25, 0.3) is 0 Å². The van der Waals surface area contributed by atoms with Crippen molar-refractivity contribution >= 4 is 29.3 Å². The first-order valence-electron chi connectivity index (χ1n) is 9.08. The number of Topliss-reactive ketones (excluding diaryl/α,β-unsaturated/α-hetero) is 1. The van der Waals surface area contributed by atoms with Crippen LogP contribution in [0.1, 0.15) is 38.2 Å². The van der Waals surface area contributed by atoms with Gasteiger partial charge in [-0.15, -0.1) is 0 Å². The molecular formula is C20H22ClNO6. The molecule has 3 rings (SSSR count). The average Bonchev–Trinajstić information content (AvgIpc) is 2.64. The molecule has 0 unspecified atom stereocenters. The second-order valence-corrected chi connectivity index (χ2v) is 7.43. The van der Waals surface area contributed by atoms with Crippen molar-refractivity contribution in [2.75, 3.05) is 13.7 Å². The predicted molar refractivity (Wildman–Crippen MR) is 101 cm³/mol. The monoisotopic (exact) mass is 407 g/mol. The largest absolute Gasteiger partial charge is 0.503 e. The van der Waals surface area contributed by atoms with Crippen LogP contribution < -0.4 is 10.1 Å². The van der Waals surface area contributed by atoms with Crippen molar-refractivity contribution in [2.24, 2.45) is 11.8 Å². The average molecular weight is 408 g/mol. The van der Waals surface area contributed by atoms with E-state index in [1.165, 1.54) is 13.2 Å². The van der Waals surface area contributed by atoms with Crippen molar-refractivity contribution in [2.45, 2.75) is 32.6 Å². The Morgan fingerprint density at radius 3 is 2.68 bits per heavy atom. The van der Waals surface area contributed by atoms with Gasteiger partial charge in [-0.25, -0.2) is 0 Å². The van der Waals surface area contributed by atoms with Gasteiger partial charge in [0.05, 0.1) is 18.7 Å². The zero-order chi connectivity index (χ0) is 20.6. The van der Waals surface area contributed by atoms with Crippen LogP contribution in [-0.4, -0.2) is 36.5 Å². The third-order valence-corrected chi connectivity index (χ3v) is 5.49. The number of halogens is 1. The minimum Gasteiger partial charge on any atom is -0.503 e. The van der Waals surface area contributed by atoms with Crippen LogP contribution in [-0.2, 0) is 19.1 Å². The highest BCUT2D eigenvalue weighted by atomic mass is 35.5. The summed E-state index contributed by atoms with van der Waals surface area (Å²) in [4.78, 5) is 37.7. The van der Waals surface area contributed by atoms with Gasteiger partial charge in [0.25, 0.3) is 0 Å². The Labute approximate surface area is 167 Å². The first-order valence-corrected chi connectivity index (χ1v) is 9.46. The van der Waals surface area contributed by atoms with Gasteiger partial charge >= 0.3 is 5.97 Å². The van der Waals surface area contributed by atoms with Gasteiger partial charge < -0.3 is 19.9 Å². The van der Waals surface area contributed by atoms with Crippen LogP contribution in [0.3, 0.4) is 0 Å². The molecule has 8 heteroatoms. The number of carbonyl (C=O) groups excluding carboxylic acids is 3. The number of esters is 1. The lowest BCUT2D eigenvalue weighted by Crippen LogP contribution is -2.44. The van der Waals surface area contributed by atoms with E-state index in [1.807, 2.05) is 0 Å². The maximum atomic E-state index is 13.2. The van der Waals surface area contributed by atoms with Crippen LogP contribution in [0.2, 0.25) is 5.02 Å². The summed E-state index contributed by atoms with van der Waals surface area (Å²) in [5.41, 5.74) is 1.48. The number of ketones is 1. The molecule has 0 spiro atoms. The molecule has 0 bridgehead atoms. The van der Waals surface area contributed by atoms with Crippen molar-refractivity contribution in [1.29, 1.82) is 0 Å². The number of nitrogens with one attached hydrogen (secondary N) is 1. The smallest absolute Gasteiger partial charge is 0.316 e. The van der Waals surface area contributed by atoms with Crippen molar-refractivity contribution in [3.8, 4) is 11.5 Å². The fraction of sp³-hybridized carbons (Fsp3) is 0.450. The minimum atomic E-state index is -0.916. The van der Waals surface area contributed by atoms with E-state index < -0.39 is 17.8 Å². The lowest BCUT2D eigenvalue weighted by Gasteiger charge is -2.36. The fourth-order valence-corrected chi connectivity index (χ4v) is 4.16. The molecule has 0 aromatic heterocycles. The van der Waals surface area contributed by atoms with Gasteiger partial charge in [-0.1, -0.05) is 18.5 Å². The van der Waals surface area contributed by atoms with E-state index in [2.05, 4.69) is 5.32 Å². The number of benzene rings is 1. The number of rotatable bonds is 4. The summed E-state index contributed by atoms with van der Waals surface area (Å²) < 4.78 is 10.2. The molecule has 3 atom stereocenters. The van der Waals surface area contributed by atoms with Gasteiger partial charge in [0, 0.05) is 23.6 Å². The Kier molecular flexibility index (Phi) is 5.65. The van der Waals surface area contributed by atoms with E-state index >= 15 is 0 Å². The molecule has 1 aliphatic heterocycles. The molecule has 1 amide bonds. The summed E-state index contributed by atoms with van der Waals surface area (Å²) in [6.45, 7) is 3.86. The van der Waals surface area contributed by atoms with Crippen molar-refractivity contribution in [3.05, 3.63) is 34.0 Å². The highest BCUT2D eigenvalue weighted by Gasteiger charge is 2.45. The van der Waals surface area contributed by atoms with Gasteiger partial charge in [-0.3, -0.25) is 14.4 Å². The van der Waals surface area contributed by atoms with Crippen LogP contribution >= 0.6 is 11.6 Å². The normalized spacial score (nSPS) is 24.5. The first kappa shape index (κ1) is 20.2. The zero-order valence-electron chi connectivity index (χ0n) is 15.9. The van der Waals surface area contributed by atoms with Gasteiger partial charge in [-0.2, -0.15) is 0 Å². The Bertz CT molecular complexity index is 878. The summed E-state index contributed by atoms with van der Waals surface area (Å²) in [5, 5.41) is 12.9. The predicted octanol–water partition coefficient (Wildman–Crippen LogP) is 2.70. The molecule has 7 nitrogen and oxygen atoms in total. The number of phenols is 1. The molecule has 1 aliphatic carbocycles. The summed E-state index contributed by atoms with van der Waals surface area (Å²) in [5.74, 6) is -2.97. The van der Waals surface area contributed by atoms with Gasteiger partial charge in [0.2, 0.25) is 5.91 Å². The number of allylic oxidation sites excluding steroid dienone is 2. The van der Waals surface area contributed by atoms with Gasteiger partial charge in [0.1, 0.15) is 5.92 Å². The third-order valence-electron chi connectivity index (χ3n) is 5.20. The summed E-state index contributed by atoms with van der Waals surface area (Å²) >= 11 is 6.14. The van der Waals surface area contributed by atoms with E-state index in [1.54, 1.807) is 19.9 Å². The molecule has 1 aromatic carbocycles. The number of hydrogen-bond acceptors (Lipinski definition) is 6. The maximum absolute atomic E-state index is 13.2. The van der Waals surface area contributed by atoms with E-state index in [0.717, 1.165) is 0 Å². The number of phenolic OH excluding ortho intramolecular Hbond substituents is 1. The molecular weight excluding hydrogens is 386 g/mol. The third kappa shape index (κ3) is 3.46. The summed E-state index contributed by atoms with van der Waals surface area (Å²) in [7, 11) is 1.25. The number of carbonyl (C=O) groups is 3. The highest BCUT2D eigenvalue weighted by molar-refractivity contribution is 6.32. The number of methoxy groups -OCH3 is 1. The molecule has 0 radical (unpaired) electrons. The quantitative estimate of drug-likeness (QED) is 0.587. The Morgan fingerprint density at radius 1 is 1.32 bits per heavy atom. The number of hydrogen-bond donors (Lipinski definition) is 2. The van der Waals surface area contributed by atoms with Crippen LogP contribution in [0.15, 0.2) is 23.4 Å². The number of ether oxygens (including phenoxy) is 2.